The van der Waals surface area contributed by atoms with Crippen molar-refractivity contribution in [1.29, 1.82) is 0 Å². The van der Waals surface area contributed by atoms with Crippen LogP contribution in [0.1, 0.15) is 45.1 Å². The highest BCUT2D eigenvalue weighted by atomic mass is 15.3. The van der Waals surface area contributed by atoms with Gasteiger partial charge in [-0.3, -0.25) is 0 Å². The van der Waals surface area contributed by atoms with Crippen LogP contribution in [0.5, 0.6) is 0 Å². The molecule has 1 aromatic heterocycles. The lowest BCUT2D eigenvalue weighted by atomic mass is 9.67. The standard InChI is InChI=1S/C21H36N6/c1-4-21(8-6-9-21)17-25-20(22-5-2)24-16-18-7-10-23-19(15-18)27-13-11-26(3)12-14-27/h7,10,15H,4-6,8-9,11-14,16-17H2,1-3H3,(H2,22,24,25). The van der Waals surface area contributed by atoms with Crippen molar-refractivity contribution in [2.75, 3.05) is 51.2 Å². The van der Waals surface area contributed by atoms with Gasteiger partial charge in [0.1, 0.15) is 5.82 Å². The Morgan fingerprint density at radius 1 is 1.19 bits per heavy atom. The minimum absolute atomic E-state index is 0.488. The lowest BCUT2D eigenvalue weighted by Gasteiger charge is -2.41. The highest BCUT2D eigenvalue weighted by Gasteiger charge is 2.34. The van der Waals surface area contributed by atoms with Crippen LogP contribution < -0.4 is 15.5 Å². The summed E-state index contributed by atoms with van der Waals surface area (Å²) in [6.45, 7) is 11.3. The normalized spacial score (nSPS) is 20.3. The fourth-order valence-corrected chi connectivity index (χ4v) is 3.88. The van der Waals surface area contributed by atoms with Crippen molar-refractivity contribution in [3.8, 4) is 0 Å². The average molecular weight is 373 g/mol. The molecule has 0 bridgehead atoms. The van der Waals surface area contributed by atoms with Crippen LogP contribution in [0.3, 0.4) is 0 Å². The molecule has 1 saturated carbocycles. The zero-order valence-electron chi connectivity index (χ0n) is 17.3. The van der Waals surface area contributed by atoms with Gasteiger partial charge < -0.3 is 20.4 Å². The first-order valence-electron chi connectivity index (χ1n) is 10.5. The minimum atomic E-state index is 0.488. The molecule has 0 radical (unpaired) electrons. The summed E-state index contributed by atoms with van der Waals surface area (Å²) in [5, 5.41) is 6.96. The van der Waals surface area contributed by atoms with Gasteiger partial charge in [0.05, 0.1) is 6.54 Å². The number of nitrogens with zero attached hydrogens (tertiary/aromatic N) is 4. The monoisotopic (exact) mass is 372 g/mol. The van der Waals surface area contributed by atoms with Crippen LogP contribution in [0.15, 0.2) is 23.3 Å². The van der Waals surface area contributed by atoms with Crippen molar-refractivity contribution in [1.82, 2.24) is 20.5 Å². The van der Waals surface area contributed by atoms with Gasteiger partial charge in [0.25, 0.3) is 0 Å². The molecule has 2 aliphatic rings. The number of anilines is 1. The fourth-order valence-electron chi connectivity index (χ4n) is 3.88. The summed E-state index contributed by atoms with van der Waals surface area (Å²) in [5.41, 5.74) is 1.70. The zero-order valence-corrected chi connectivity index (χ0v) is 17.3. The second-order valence-electron chi connectivity index (χ2n) is 8.07. The van der Waals surface area contributed by atoms with Crippen LogP contribution in [-0.2, 0) is 6.54 Å². The molecule has 6 nitrogen and oxygen atoms in total. The molecule has 3 rings (SSSR count). The summed E-state index contributed by atoms with van der Waals surface area (Å²) >= 11 is 0. The maximum absolute atomic E-state index is 4.82. The summed E-state index contributed by atoms with van der Waals surface area (Å²) < 4.78 is 0. The van der Waals surface area contributed by atoms with Crippen LogP contribution in [0.4, 0.5) is 5.82 Å². The number of guanidine groups is 1. The molecule has 0 aromatic carbocycles. The molecule has 150 valence electrons. The Kier molecular flexibility index (Phi) is 6.94. The third-order valence-electron chi connectivity index (χ3n) is 6.20. The largest absolute Gasteiger partial charge is 0.357 e. The first-order valence-corrected chi connectivity index (χ1v) is 10.5. The first kappa shape index (κ1) is 19.9. The predicted molar refractivity (Wildman–Crippen MR) is 113 cm³/mol. The SMILES string of the molecule is CCNC(=NCc1ccnc(N2CCN(C)CC2)c1)NCC1(CC)CCC1. The molecule has 0 unspecified atom stereocenters. The topological polar surface area (TPSA) is 55.8 Å². The summed E-state index contributed by atoms with van der Waals surface area (Å²) in [5.74, 6) is 2.00. The lowest BCUT2D eigenvalue weighted by Crippen LogP contribution is -2.46. The van der Waals surface area contributed by atoms with Crippen molar-refractivity contribution < 1.29 is 0 Å². The quantitative estimate of drug-likeness (QED) is 0.569. The maximum Gasteiger partial charge on any atom is 0.191 e. The molecule has 1 aliphatic carbocycles. The van der Waals surface area contributed by atoms with Gasteiger partial charge in [-0.1, -0.05) is 13.3 Å². The van der Waals surface area contributed by atoms with Gasteiger partial charge in [0.15, 0.2) is 5.96 Å². The van der Waals surface area contributed by atoms with Crippen molar-refractivity contribution in [3.63, 3.8) is 0 Å². The molecule has 0 atom stereocenters. The van der Waals surface area contributed by atoms with E-state index in [0.29, 0.717) is 12.0 Å². The number of piperazine rings is 1. The second-order valence-corrected chi connectivity index (χ2v) is 8.07. The van der Waals surface area contributed by atoms with E-state index in [1.165, 1.54) is 31.2 Å². The number of aliphatic imine (C=N–C) groups is 1. The highest BCUT2D eigenvalue weighted by molar-refractivity contribution is 5.79. The Balaban J connectivity index is 1.59. The Hall–Kier alpha value is -1.82. The molecule has 0 spiro atoms. The molecule has 2 N–H and O–H groups in total. The lowest BCUT2D eigenvalue weighted by molar-refractivity contribution is 0.131. The van der Waals surface area contributed by atoms with Gasteiger partial charge in [-0.15, -0.1) is 0 Å². The summed E-state index contributed by atoms with van der Waals surface area (Å²) in [7, 11) is 2.18. The maximum atomic E-state index is 4.82. The smallest absolute Gasteiger partial charge is 0.191 e. The third kappa shape index (κ3) is 5.34. The van der Waals surface area contributed by atoms with Crippen LogP contribution >= 0.6 is 0 Å². The van der Waals surface area contributed by atoms with E-state index < -0.39 is 0 Å². The molecule has 1 aromatic rings. The summed E-state index contributed by atoms with van der Waals surface area (Å²) in [4.78, 5) is 14.1. The molecule has 27 heavy (non-hydrogen) atoms. The molecular formula is C21H36N6. The van der Waals surface area contributed by atoms with Gasteiger partial charge in [0.2, 0.25) is 0 Å². The number of pyridine rings is 1. The number of aromatic nitrogens is 1. The number of rotatable bonds is 7. The highest BCUT2D eigenvalue weighted by Crippen LogP contribution is 2.42. The Morgan fingerprint density at radius 2 is 1.96 bits per heavy atom. The van der Waals surface area contributed by atoms with Crippen molar-refractivity contribution >= 4 is 11.8 Å². The van der Waals surface area contributed by atoms with Crippen molar-refractivity contribution in [2.24, 2.45) is 10.4 Å². The van der Waals surface area contributed by atoms with Gasteiger partial charge >= 0.3 is 0 Å². The van der Waals surface area contributed by atoms with Gasteiger partial charge in [-0.05, 0) is 56.3 Å². The number of hydrogen-bond acceptors (Lipinski definition) is 4. The van der Waals surface area contributed by atoms with Crippen LogP contribution in [0.25, 0.3) is 0 Å². The summed E-state index contributed by atoms with van der Waals surface area (Å²) in [6, 6.07) is 4.27. The molecule has 2 heterocycles. The van der Waals surface area contributed by atoms with E-state index in [1.54, 1.807) is 0 Å². The van der Waals surface area contributed by atoms with Crippen LogP contribution in [0, 0.1) is 5.41 Å². The molecule has 1 aliphatic heterocycles. The van der Waals surface area contributed by atoms with E-state index in [9.17, 15) is 0 Å². The van der Waals surface area contributed by atoms with Crippen LogP contribution in [0.2, 0.25) is 0 Å². The first-order chi connectivity index (χ1) is 13.1. The average Bonchev–Trinajstić information content (AvgIpc) is 2.66. The second kappa shape index (κ2) is 9.40. The molecule has 2 fully saturated rings. The van der Waals surface area contributed by atoms with Gasteiger partial charge in [-0.2, -0.15) is 0 Å². The fraction of sp³-hybridized carbons (Fsp3) is 0.714. The van der Waals surface area contributed by atoms with Crippen molar-refractivity contribution in [2.45, 2.75) is 46.1 Å². The van der Waals surface area contributed by atoms with E-state index in [0.717, 1.165) is 51.0 Å². The molecule has 1 saturated heterocycles. The van der Waals surface area contributed by atoms with Gasteiger partial charge in [-0.25, -0.2) is 9.98 Å². The van der Waals surface area contributed by atoms with E-state index >= 15 is 0 Å². The molecule has 0 amide bonds. The molecule has 6 heteroatoms. The third-order valence-corrected chi connectivity index (χ3v) is 6.20. The number of hydrogen-bond donors (Lipinski definition) is 2. The minimum Gasteiger partial charge on any atom is -0.357 e. The van der Waals surface area contributed by atoms with E-state index in [1.807, 2.05) is 6.20 Å². The number of nitrogens with one attached hydrogen (secondary N) is 2. The van der Waals surface area contributed by atoms with Crippen molar-refractivity contribution in [3.05, 3.63) is 23.9 Å². The molecular weight excluding hydrogens is 336 g/mol. The Bertz CT molecular complexity index is 611. The Morgan fingerprint density at radius 3 is 2.59 bits per heavy atom. The summed E-state index contributed by atoms with van der Waals surface area (Å²) in [6.07, 6.45) is 7.22. The Labute approximate surface area is 164 Å². The number of likely N-dealkylation sites (N-methyl/N-ethyl adjacent to an activating group) is 1. The zero-order chi connectivity index (χ0) is 19.1. The van der Waals surface area contributed by atoms with E-state index in [2.05, 4.69) is 58.4 Å². The van der Waals surface area contributed by atoms with E-state index in [4.69, 9.17) is 4.99 Å². The van der Waals surface area contributed by atoms with Gasteiger partial charge in [0, 0.05) is 45.5 Å². The van der Waals surface area contributed by atoms with Crippen LogP contribution in [-0.4, -0.2) is 62.2 Å². The van der Waals surface area contributed by atoms with E-state index in [-0.39, 0.29) is 0 Å². The predicted octanol–water partition coefficient (Wildman–Crippen LogP) is 2.47.